The molecule has 5 atom stereocenters. The van der Waals surface area contributed by atoms with Gasteiger partial charge in [-0.05, 0) is 64.1 Å². The monoisotopic (exact) mass is 983 g/mol. The number of carbonyl (C=O) groups excluding carboxylic acids is 2. The first-order valence-electron chi connectivity index (χ1n) is 25.0. The first-order chi connectivity index (χ1) is 31.5. The van der Waals surface area contributed by atoms with Crippen LogP contribution in [0.25, 0.3) is 0 Å². The van der Waals surface area contributed by atoms with Crippen molar-refractivity contribution in [3.8, 4) is 5.75 Å². The molecule has 0 amide bonds. The normalized spacial score (nSPS) is 21.5. The van der Waals surface area contributed by atoms with Crippen LogP contribution in [0.15, 0.2) is 108 Å². The lowest BCUT2D eigenvalue weighted by Gasteiger charge is -2.46. The molecule has 2 aliphatic rings. The first kappa shape index (κ1) is 55.5. The number of rotatable bonds is 20. The lowest BCUT2D eigenvalue weighted by Crippen LogP contribution is -2.68. The van der Waals surface area contributed by atoms with Gasteiger partial charge in [0.25, 0.3) is 8.32 Å². The Kier molecular flexibility index (Phi) is 18.2. The van der Waals surface area contributed by atoms with E-state index >= 15 is 0 Å². The maximum absolute atomic E-state index is 15.0. The van der Waals surface area contributed by atoms with Crippen LogP contribution in [0.4, 0.5) is 0 Å². The summed E-state index contributed by atoms with van der Waals surface area (Å²) < 4.78 is 39.5. The van der Waals surface area contributed by atoms with Crippen LogP contribution in [-0.2, 0) is 39.3 Å². The molecule has 11 heteroatoms. The SMILES string of the molecule is COc1ccc(CO[C@@H](CC2C[C@@H](O[Si](c3ccccc3)(c3ccccc3)C(C)(C)C)CC(=O)O2)C(C)(C)C(=O)C[C@@H]2C/C(=C/[Si](C)(C)C)C[C@H](/C=C/C(C)(C)CO[Si](C)(C)C(C)(C)C)O2)cc1. The maximum atomic E-state index is 15.0. The van der Waals surface area contributed by atoms with Gasteiger partial charge in [0, 0.05) is 36.7 Å². The van der Waals surface area contributed by atoms with Crippen molar-refractivity contribution in [1.29, 1.82) is 0 Å². The van der Waals surface area contributed by atoms with E-state index in [0.29, 0.717) is 25.9 Å². The number of esters is 1. The largest absolute Gasteiger partial charge is 0.497 e. The molecule has 3 aromatic rings. The van der Waals surface area contributed by atoms with Crippen molar-refractivity contribution in [2.45, 2.75) is 188 Å². The standard InChI is InChI=1S/C57H86O8Si3/c1-54(2,3)67(15,16)62-41-56(7,8)32-31-45-33-43(40-66(12,13)14)34-46(63-45)36-51(58)57(9,10)52(61-39-42-27-29-44(60-11)30-28-42)37-47-35-48(38-53(59)64-47)65-68(55(4,5)6,49-23-19-17-20-24-49)50-25-21-18-22-26-50/h17-32,40,45-48,52H,33-39,41H2,1-16H3/b32-31+,43-40+/t45-,46-,47?,48+,52-/m0/s1. The highest BCUT2D eigenvalue weighted by molar-refractivity contribution is 6.99. The molecule has 0 bridgehead atoms. The zero-order valence-corrected chi connectivity index (χ0v) is 47.6. The predicted molar refractivity (Wildman–Crippen MR) is 287 cm³/mol. The Morgan fingerprint density at radius 3 is 1.88 bits per heavy atom. The highest BCUT2D eigenvalue weighted by Gasteiger charge is 2.53. The molecule has 0 aliphatic carbocycles. The molecule has 0 radical (unpaired) electrons. The Bertz CT molecular complexity index is 2120. The molecule has 0 N–H and O–H groups in total. The highest BCUT2D eigenvalue weighted by Crippen LogP contribution is 2.42. The van der Waals surface area contributed by atoms with E-state index in [9.17, 15) is 9.59 Å². The van der Waals surface area contributed by atoms with Crippen LogP contribution in [0.2, 0.25) is 42.8 Å². The van der Waals surface area contributed by atoms with Crippen LogP contribution >= 0.6 is 0 Å². The number of ether oxygens (including phenoxy) is 4. The number of hydrogen-bond donors (Lipinski definition) is 0. The van der Waals surface area contributed by atoms with E-state index in [-0.39, 0.29) is 58.9 Å². The number of ketones is 1. The molecule has 0 spiro atoms. The average Bonchev–Trinajstić information content (AvgIpc) is 3.24. The van der Waals surface area contributed by atoms with E-state index in [2.05, 4.69) is 155 Å². The number of Topliss-reactive ketones (excluding diaryl/α,β-unsaturated/α-hetero) is 1. The Hall–Kier alpha value is -3.43. The fourth-order valence-corrected chi connectivity index (χ4v) is 16.7. The zero-order chi connectivity index (χ0) is 50.3. The van der Waals surface area contributed by atoms with E-state index in [4.69, 9.17) is 27.8 Å². The lowest BCUT2D eigenvalue weighted by molar-refractivity contribution is -0.165. The number of hydrogen-bond acceptors (Lipinski definition) is 8. The van der Waals surface area contributed by atoms with E-state index < -0.39 is 48.4 Å². The van der Waals surface area contributed by atoms with Gasteiger partial charge < -0.3 is 27.8 Å². The van der Waals surface area contributed by atoms with Crippen LogP contribution in [0.5, 0.6) is 5.75 Å². The van der Waals surface area contributed by atoms with Gasteiger partial charge in [-0.15, -0.1) is 0 Å². The maximum Gasteiger partial charge on any atom is 0.308 e. The summed E-state index contributed by atoms with van der Waals surface area (Å²) in [5, 5.41) is 2.19. The smallest absolute Gasteiger partial charge is 0.308 e. The molecule has 0 saturated carbocycles. The van der Waals surface area contributed by atoms with Crippen molar-refractivity contribution in [3.63, 3.8) is 0 Å². The predicted octanol–water partition coefficient (Wildman–Crippen LogP) is 12.6. The van der Waals surface area contributed by atoms with Crippen molar-refractivity contribution in [2.24, 2.45) is 10.8 Å². The summed E-state index contributed by atoms with van der Waals surface area (Å²) >= 11 is 0. The number of benzene rings is 3. The fourth-order valence-electron chi connectivity index (χ4n) is 9.34. The first-order valence-corrected chi connectivity index (χ1v) is 33.4. The third kappa shape index (κ3) is 14.8. The molecular weight excluding hydrogens is 897 g/mol. The van der Waals surface area contributed by atoms with Gasteiger partial charge >= 0.3 is 5.97 Å². The fraction of sp³-hybridized carbons (Fsp3) is 0.579. The molecule has 68 heavy (non-hydrogen) atoms. The van der Waals surface area contributed by atoms with Gasteiger partial charge in [0.2, 0.25) is 0 Å². The Morgan fingerprint density at radius 2 is 1.35 bits per heavy atom. The van der Waals surface area contributed by atoms with Crippen molar-refractivity contribution in [2.75, 3.05) is 13.7 Å². The van der Waals surface area contributed by atoms with Crippen LogP contribution in [0.3, 0.4) is 0 Å². The minimum absolute atomic E-state index is 0.0598. The molecule has 8 nitrogen and oxygen atoms in total. The van der Waals surface area contributed by atoms with Crippen LogP contribution < -0.4 is 15.1 Å². The molecule has 2 heterocycles. The van der Waals surface area contributed by atoms with E-state index in [1.165, 1.54) is 5.57 Å². The Labute approximate surface area is 414 Å². The van der Waals surface area contributed by atoms with E-state index in [0.717, 1.165) is 28.1 Å². The zero-order valence-electron chi connectivity index (χ0n) is 44.6. The summed E-state index contributed by atoms with van der Waals surface area (Å²) in [7, 11) is -4.83. The summed E-state index contributed by atoms with van der Waals surface area (Å²) in [5.41, 5.74) is 3.67. The van der Waals surface area contributed by atoms with Crippen LogP contribution in [0, 0.1) is 10.8 Å². The topological polar surface area (TPSA) is 89.5 Å². The molecule has 3 aromatic carbocycles. The molecule has 1 unspecified atom stereocenters. The highest BCUT2D eigenvalue weighted by atomic mass is 28.4. The number of carbonyl (C=O) groups is 2. The van der Waals surface area contributed by atoms with Crippen LogP contribution in [-0.4, -0.2) is 80.7 Å². The van der Waals surface area contributed by atoms with Crippen molar-refractivity contribution >= 4 is 46.8 Å². The van der Waals surface area contributed by atoms with Crippen molar-refractivity contribution in [3.05, 3.63) is 114 Å². The minimum Gasteiger partial charge on any atom is -0.497 e. The van der Waals surface area contributed by atoms with Crippen molar-refractivity contribution in [1.82, 2.24) is 0 Å². The molecule has 2 fully saturated rings. The number of methoxy groups -OCH3 is 1. The van der Waals surface area contributed by atoms with E-state index in [1.807, 2.05) is 50.2 Å². The summed E-state index contributed by atoms with van der Waals surface area (Å²) in [6, 6.07) is 28.8. The quantitative estimate of drug-likeness (QED) is 0.0628. The van der Waals surface area contributed by atoms with Gasteiger partial charge in [0.05, 0.1) is 52.6 Å². The van der Waals surface area contributed by atoms with Gasteiger partial charge in [-0.25, -0.2) is 0 Å². The summed E-state index contributed by atoms with van der Waals surface area (Å²) in [5.74, 6) is 0.519. The second-order valence-corrected chi connectivity index (χ2v) is 38.5. The Morgan fingerprint density at radius 1 is 0.765 bits per heavy atom. The molecule has 5 rings (SSSR count). The van der Waals surface area contributed by atoms with Gasteiger partial charge in [0.1, 0.15) is 17.6 Å². The third-order valence-electron chi connectivity index (χ3n) is 14.3. The van der Waals surface area contributed by atoms with Gasteiger partial charge in [0.15, 0.2) is 8.32 Å². The molecule has 2 saturated heterocycles. The minimum atomic E-state index is -2.97. The third-order valence-corrected chi connectivity index (χ3v) is 25.2. The average molecular weight is 984 g/mol. The molecule has 0 aromatic heterocycles. The Balaban J connectivity index is 1.41. The summed E-state index contributed by atoms with van der Waals surface area (Å²) in [6.07, 6.45) is 5.26. The second kappa shape index (κ2) is 22.3. The van der Waals surface area contributed by atoms with Gasteiger partial charge in [-0.1, -0.05) is 185 Å². The van der Waals surface area contributed by atoms with Gasteiger partial charge in [-0.2, -0.15) is 0 Å². The van der Waals surface area contributed by atoms with Gasteiger partial charge in [-0.3, -0.25) is 9.59 Å². The van der Waals surface area contributed by atoms with Crippen LogP contribution in [0.1, 0.15) is 113 Å². The lowest BCUT2D eigenvalue weighted by atomic mass is 9.76. The molecule has 374 valence electrons. The summed E-state index contributed by atoms with van der Waals surface area (Å²) in [4.78, 5) is 28.7. The molecular formula is C57H86O8Si3. The van der Waals surface area contributed by atoms with E-state index in [1.54, 1.807) is 7.11 Å². The molecule has 2 aliphatic heterocycles. The second-order valence-electron chi connectivity index (χ2n) is 24.5. The summed E-state index contributed by atoms with van der Waals surface area (Å²) in [6.45, 7) is 34.6. The van der Waals surface area contributed by atoms with Crippen molar-refractivity contribution < 1.29 is 37.4 Å². The number of cyclic esters (lactones) is 1.